The number of carbonyl (C=O) groups is 1. The topological polar surface area (TPSA) is 58.4 Å². The smallest absolute Gasteiger partial charge is 0.261 e. The molecule has 1 amide bonds. The molecule has 0 unspecified atom stereocenters. The first-order valence-corrected chi connectivity index (χ1v) is 8.59. The molecule has 1 aromatic heterocycles. The Bertz CT molecular complexity index is 781. The molecule has 7 heteroatoms. The number of carbonyl (C=O) groups excluding carboxylic acids is 1. The van der Waals surface area contributed by atoms with Gasteiger partial charge in [-0.25, -0.2) is 4.98 Å². The first-order valence-electron chi connectivity index (χ1n) is 7.61. The van der Waals surface area contributed by atoms with Crippen molar-refractivity contribution in [1.29, 1.82) is 0 Å². The maximum Gasteiger partial charge on any atom is 0.261 e. The predicted molar refractivity (Wildman–Crippen MR) is 91.8 cm³/mol. The molecule has 23 heavy (non-hydrogen) atoms. The normalized spacial score (nSPS) is 16.0. The van der Waals surface area contributed by atoms with Crippen molar-refractivity contribution in [3.05, 3.63) is 34.6 Å². The van der Waals surface area contributed by atoms with Crippen LogP contribution in [0.4, 0.5) is 0 Å². The number of rotatable bonds is 3. The summed E-state index contributed by atoms with van der Waals surface area (Å²) in [6.07, 6.45) is 0. The Morgan fingerprint density at radius 3 is 2.61 bits per heavy atom. The molecule has 6 nitrogen and oxygen atoms in total. The fourth-order valence-electron chi connectivity index (χ4n) is 2.60. The first-order chi connectivity index (χ1) is 11.1. The molecule has 0 radical (unpaired) electrons. The minimum atomic E-state index is -0.0786. The van der Waals surface area contributed by atoms with Gasteiger partial charge in [0.1, 0.15) is 0 Å². The van der Waals surface area contributed by atoms with Crippen LogP contribution < -0.4 is 5.56 Å². The van der Waals surface area contributed by atoms with Gasteiger partial charge < -0.3 is 9.80 Å². The van der Waals surface area contributed by atoms with Gasteiger partial charge in [-0.05, 0) is 19.2 Å². The zero-order valence-electron chi connectivity index (χ0n) is 13.4. The highest BCUT2D eigenvalue weighted by molar-refractivity contribution is 7.99. The van der Waals surface area contributed by atoms with Gasteiger partial charge in [-0.15, -0.1) is 0 Å². The lowest BCUT2D eigenvalue weighted by Gasteiger charge is -2.32. The van der Waals surface area contributed by atoms with Gasteiger partial charge in [0.05, 0.1) is 16.7 Å². The summed E-state index contributed by atoms with van der Waals surface area (Å²) < 4.78 is 1.52. The van der Waals surface area contributed by atoms with Crippen LogP contribution in [0, 0.1) is 0 Å². The second-order valence-electron chi connectivity index (χ2n) is 5.75. The summed E-state index contributed by atoms with van der Waals surface area (Å²) in [4.78, 5) is 33.3. The third kappa shape index (κ3) is 3.40. The van der Waals surface area contributed by atoms with E-state index in [0.717, 1.165) is 26.2 Å². The van der Waals surface area contributed by atoms with Crippen molar-refractivity contribution >= 4 is 28.6 Å². The van der Waals surface area contributed by atoms with E-state index in [1.54, 1.807) is 13.1 Å². The van der Waals surface area contributed by atoms with Crippen molar-refractivity contribution in [1.82, 2.24) is 19.4 Å². The Morgan fingerprint density at radius 1 is 1.17 bits per heavy atom. The van der Waals surface area contributed by atoms with Crippen LogP contribution in [0.5, 0.6) is 0 Å². The Balaban J connectivity index is 1.73. The van der Waals surface area contributed by atoms with Crippen molar-refractivity contribution < 1.29 is 4.79 Å². The molecule has 2 aromatic rings. The lowest BCUT2D eigenvalue weighted by atomic mass is 10.2. The SMILES string of the molecule is CN1CCN(C(=O)CSc2nc3ccccc3c(=O)n2C)CC1. The highest BCUT2D eigenvalue weighted by Crippen LogP contribution is 2.17. The molecule has 0 N–H and O–H groups in total. The Hall–Kier alpha value is -1.86. The number of para-hydroxylation sites is 1. The number of nitrogens with zero attached hydrogens (tertiary/aromatic N) is 4. The number of amides is 1. The molecular weight excluding hydrogens is 312 g/mol. The van der Waals surface area contributed by atoms with Crippen LogP contribution in [0.3, 0.4) is 0 Å². The number of fused-ring (bicyclic) bond motifs is 1. The van der Waals surface area contributed by atoms with Gasteiger partial charge in [0.15, 0.2) is 5.16 Å². The largest absolute Gasteiger partial charge is 0.339 e. The van der Waals surface area contributed by atoms with Crippen molar-refractivity contribution in [3.63, 3.8) is 0 Å². The second kappa shape index (κ2) is 6.72. The molecule has 2 heterocycles. The number of benzene rings is 1. The number of aromatic nitrogens is 2. The van der Waals surface area contributed by atoms with Crippen LogP contribution in [0.1, 0.15) is 0 Å². The van der Waals surface area contributed by atoms with E-state index in [9.17, 15) is 9.59 Å². The molecule has 1 aromatic carbocycles. The van der Waals surface area contributed by atoms with Crippen molar-refractivity contribution in [2.45, 2.75) is 5.16 Å². The molecule has 0 bridgehead atoms. The van der Waals surface area contributed by atoms with Gasteiger partial charge in [-0.2, -0.15) is 0 Å². The van der Waals surface area contributed by atoms with E-state index >= 15 is 0 Å². The number of piperazine rings is 1. The molecule has 0 spiro atoms. The fourth-order valence-corrected chi connectivity index (χ4v) is 3.47. The fraction of sp³-hybridized carbons (Fsp3) is 0.438. The summed E-state index contributed by atoms with van der Waals surface area (Å²) in [7, 11) is 3.76. The standard InChI is InChI=1S/C16H20N4O2S/c1-18-7-9-20(10-8-18)14(21)11-23-16-17-13-6-4-3-5-12(13)15(22)19(16)2/h3-6H,7-11H2,1-2H3. The summed E-state index contributed by atoms with van der Waals surface area (Å²) in [5.41, 5.74) is 0.593. The van der Waals surface area contributed by atoms with Crippen molar-refractivity contribution in [2.24, 2.45) is 7.05 Å². The molecular formula is C16H20N4O2S. The summed E-state index contributed by atoms with van der Waals surface area (Å²) in [5.74, 6) is 0.410. The number of thioether (sulfide) groups is 1. The predicted octanol–water partition coefficient (Wildman–Crippen LogP) is 0.800. The molecule has 0 aliphatic carbocycles. The van der Waals surface area contributed by atoms with Gasteiger partial charge in [-0.3, -0.25) is 14.2 Å². The Morgan fingerprint density at radius 2 is 1.87 bits per heavy atom. The highest BCUT2D eigenvalue weighted by Gasteiger charge is 2.19. The maximum atomic E-state index is 12.3. The molecule has 0 saturated carbocycles. The molecule has 122 valence electrons. The minimum Gasteiger partial charge on any atom is -0.339 e. The van der Waals surface area contributed by atoms with Crippen LogP contribution in [0.15, 0.2) is 34.2 Å². The van der Waals surface area contributed by atoms with Crippen LogP contribution in [-0.4, -0.2) is 64.2 Å². The third-order valence-corrected chi connectivity index (χ3v) is 5.14. The molecule has 1 aliphatic rings. The maximum absolute atomic E-state index is 12.3. The van der Waals surface area contributed by atoms with E-state index in [0.29, 0.717) is 21.8 Å². The Labute approximate surface area is 139 Å². The quantitative estimate of drug-likeness (QED) is 0.615. The van der Waals surface area contributed by atoms with Crippen LogP contribution >= 0.6 is 11.8 Å². The second-order valence-corrected chi connectivity index (χ2v) is 6.69. The number of hydrogen-bond acceptors (Lipinski definition) is 5. The van der Waals surface area contributed by atoms with E-state index in [4.69, 9.17) is 0 Å². The zero-order valence-corrected chi connectivity index (χ0v) is 14.2. The minimum absolute atomic E-state index is 0.0786. The summed E-state index contributed by atoms with van der Waals surface area (Å²) >= 11 is 1.33. The van der Waals surface area contributed by atoms with Crippen molar-refractivity contribution in [3.8, 4) is 0 Å². The highest BCUT2D eigenvalue weighted by atomic mass is 32.2. The van der Waals surface area contributed by atoms with Gasteiger partial charge >= 0.3 is 0 Å². The van der Waals surface area contributed by atoms with Gasteiger partial charge in [0, 0.05) is 33.2 Å². The van der Waals surface area contributed by atoms with Gasteiger partial charge in [-0.1, -0.05) is 23.9 Å². The zero-order chi connectivity index (χ0) is 16.4. The summed E-state index contributed by atoms with van der Waals surface area (Å²) in [6, 6.07) is 7.28. The van der Waals surface area contributed by atoms with Crippen LogP contribution in [-0.2, 0) is 11.8 Å². The molecule has 0 atom stereocenters. The summed E-state index contributed by atoms with van der Waals surface area (Å²) in [6.45, 7) is 3.34. The van der Waals surface area contributed by atoms with Crippen LogP contribution in [0.25, 0.3) is 10.9 Å². The van der Waals surface area contributed by atoms with E-state index in [-0.39, 0.29) is 11.5 Å². The lowest BCUT2D eigenvalue weighted by Crippen LogP contribution is -2.47. The Kier molecular flexibility index (Phi) is 4.68. The molecule has 1 aliphatic heterocycles. The average molecular weight is 332 g/mol. The number of likely N-dealkylation sites (N-methyl/N-ethyl adjacent to an activating group) is 1. The van der Waals surface area contributed by atoms with Gasteiger partial charge in [0.25, 0.3) is 5.56 Å². The van der Waals surface area contributed by atoms with E-state index in [1.165, 1.54) is 16.3 Å². The monoisotopic (exact) mass is 332 g/mol. The first kappa shape index (κ1) is 16.0. The lowest BCUT2D eigenvalue weighted by molar-refractivity contribution is -0.129. The van der Waals surface area contributed by atoms with E-state index in [2.05, 4.69) is 16.9 Å². The van der Waals surface area contributed by atoms with Gasteiger partial charge in [0.2, 0.25) is 5.91 Å². The van der Waals surface area contributed by atoms with E-state index < -0.39 is 0 Å². The molecule has 3 rings (SSSR count). The van der Waals surface area contributed by atoms with Crippen molar-refractivity contribution in [2.75, 3.05) is 39.0 Å². The van der Waals surface area contributed by atoms with Crippen LogP contribution in [0.2, 0.25) is 0 Å². The third-order valence-electron chi connectivity index (χ3n) is 4.12. The van der Waals surface area contributed by atoms with E-state index in [1.807, 2.05) is 23.1 Å². The molecule has 1 saturated heterocycles. The number of hydrogen-bond donors (Lipinski definition) is 0. The average Bonchev–Trinajstić information content (AvgIpc) is 2.57. The molecule has 1 fully saturated rings. The summed E-state index contributed by atoms with van der Waals surface area (Å²) in [5, 5.41) is 1.18.